The Balaban J connectivity index is 2.38. The lowest BCUT2D eigenvalue weighted by Gasteiger charge is -2.25. The molecule has 1 aliphatic rings. The fourth-order valence-electron chi connectivity index (χ4n) is 2.45. The Kier molecular flexibility index (Phi) is 3.62. The summed E-state index contributed by atoms with van der Waals surface area (Å²) >= 11 is 0. The van der Waals surface area contributed by atoms with Gasteiger partial charge in [-0.2, -0.15) is 0 Å². The molecule has 2 nitrogen and oxygen atoms in total. The Morgan fingerprint density at radius 1 is 1.29 bits per heavy atom. The van der Waals surface area contributed by atoms with Gasteiger partial charge >= 0.3 is 0 Å². The maximum absolute atomic E-state index is 12.8. The molecule has 1 aromatic carbocycles. The van der Waals surface area contributed by atoms with Crippen LogP contribution in [0.2, 0.25) is 0 Å². The number of phenols is 1. The standard InChI is InChI=1S/C13H17F2NO/c1-8-6-10(9-2-4-16-5-3-9)12(17)11(7-8)13(14)15/h6-7,9,13,16-17H,2-5H2,1H3. The maximum Gasteiger partial charge on any atom is 0.267 e. The molecule has 0 unspecified atom stereocenters. The van der Waals surface area contributed by atoms with Crippen LogP contribution in [0.3, 0.4) is 0 Å². The molecule has 2 N–H and O–H groups in total. The van der Waals surface area contributed by atoms with Crippen molar-refractivity contribution in [2.45, 2.75) is 32.1 Å². The van der Waals surface area contributed by atoms with Crippen molar-refractivity contribution in [1.29, 1.82) is 0 Å². The molecule has 0 spiro atoms. The largest absolute Gasteiger partial charge is 0.507 e. The molecule has 1 fully saturated rings. The van der Waals surface area contributed by atoms with Gasteiger partial charge in [0.05, 0.1) is 5.56 Å². The third kappa shape index (κ3) is 2.57. The molecule has 0 atom stereocenters. The zero-order valence-electron chi connectivity index (χ0n) is 9.84. The summed E-state index contributed by atoms with van der Waals surface area (Å²) in [6.07, 6.45) is -0.838. The number of alkyl halides is 2. The Labute approximate surface area is 99.7 Å². The van der Waals surface area contributed by atoms with E-state index in [4.69, 9.17) is 0 Å². The highest BCUT2D eigenvalue weighted by Gasteiger charge is 2.23. The van der Waals surface area contributed by atoms with Crippen molar-refractivity contribution < 1.29 is 13.9 Å². The van der Waals surface area contributed by atoms with E-state index >= 15 is 0 Å². The number of hydrogen-bond donors (Lipinski definition) is 2. The van der Waals surface area contributed by atoms with Gasteiger partial charge in [-0.15, -0.1) is 0 Å². The van der Waals surface area contributed by atoms with Crippen LogP contribution in [-0.2, 0) is 0 Å². The summed E-state index contributed by atoms with van der Waals surface area (Å²) < 4.78 is 25.6. The van der Waals surface area contributed by atoms with Crippen LogP contribution < -0.4 is 5.32 Å². The molecule has 0 saturated carbocycles. The molecule has 1 aromatic rings. The lowest BCUT2D eigenvalue weighted by molar-refractivity contribution is 0.147. The summed E-state index contributed by atoms with van der Waals surface area (Å²) in [7, 11) is 0. The second-order valence-corrected chi connectivity index (χ2v) is 4.62. The molecule has 0 aromatic heterocycles. The monoisotopic (exact) mass is 241 g/mol. The number of rotatable bonds is 2. The van der Waals surface area contributed by atoms with E-state index in [1.807, 2.05) is 6.07 Å². The lowest BCUT2D eigenvalue weighted by Crippen LogP contribution is -2.26. The van der Waals surface area contributed by atoms with Crippen LogP contribution in [0.4, 0.5) is 8.78 Å². The predicted molar refractivity (Wildman–Crippen MR) is 62.6 cm³/mol. The number of aromatic hydroxyl groups is 1. The van der Waals surface area contributed by atoms with Crippen LogP contribution in [0.1, 0.15) is 41.9 Å². The van der Waals surface area contributed by atoms with Gasteiger partial charge in [-0.05, 0) is 50.4 Å². The van der Waals surface area contributed by atoms with Gasteiger partial charge in [0, 0.05) is 0 Å². The molecule has 1 heterocycles. The molecular formula is C13H17F2NO. The van der Waals surface area contributed by atoms with E-state index in [-0.39, 0.29) is 17.2 Å². The summed E-state index contributed by atoms with van der Waals surface area (Å²) in [6.45, 7) is 3.54. The minimum Gasteiger partial charge on any atom is -0.507 e. The predicted octanol–water partition coefficient (Wildman–Crippen LogP) is 3.11. The second kappa shape index (κ2) is 5.00. The SMILES string of the molecule is Cc1cc(C(F)F)c(O)c(C2CCNCC2)c1. The highest BCUT2D eigenvalue weighted by Crippen LogP contribution is 2.38. The molecule has 4 heteroatoms. The first kappa shape index (κ1) is 12.3. The number of aryl methyl sites for hydroxylation is 1. The highest BCUT2D eigenvalue weighted by molar-refractivity contribution is 5.46. The fraction of sp³-hybridized carbons (Fsp3) is 0.538. The quantitative estimate of drug-likeness (QED) is 0.833. The van der Waals surface area contributed by atoms with Gasteiger partial charge in [-0.1, -0.05) is 11.6 Å². The van der Waals surface area contributed by atoms with Gasteiger partial charge in [-0.25, -0.2) is 8.78 Å². The Morgan fingerprint density at radius 2 is 1.94 bits per heavy atom. The van der Waals surface area contributed by atoms with E-state index in [2.05, 4.69) is 5.32 Å². The van der Waals surface area contributed by atoms with Gasteiger partial charge in [0.15, 0.2) is 0 Å². The summed E-state index contributed by atoms with van der Waals surface area (Å²) in [5, 5.41) is 13.2. The third-order valence-corrected chi connectivity index (χ3v) is 3.33. The summed E-state index contributed by atoms with van der Waals surface area (Å²) in [5.41, 5.74) is 1.23. The fourth-order valence-corrected chi connectivity index (χ4v) is 2.45. The maximum atomic E-state index is 12.8. The molecule has 0 aliphatic carbocycles. The van der Waals surface area contributed by atoms with Crippen LogP contribution in [0, 0.1) is 6.92 Å². The molecular weight excluding hydrogens is 224 g/mol. The van der Waals surface area contributed by atoms with Crippen molar-refractivity contribution in [1.82, 2.24) is 5.32 Å². The molecule has 0 radical (unpaired) electrons. The first-order valence-electron chi connectivity index (χ1n) is 5.92. The van der Waals surface area contributed by atoms with Crippen LogP contribution >= 0.6 is 0 Å². The van der Waals surface area contributed by atoms with Crippen LogP contribution in [-0.4, -0.2) is 18.2 Å². The first-order valence-corrected chi connectivity index (χ1v) is 5.92. The summed E-state index contributed by atoms with van der Waals surface area (Å²) in [5.74, 6) is -0.0221. The molecule has 1 saturated heterocycles. The third-order valence-electron chi connectivity index (χ3n) is 3.33. The first-order chi connectivity index (χ1) is 8.09. The Morgan fingerprint density at radius 3 is 2.53 bits per heavy atom. The van der Waals surface area contributed by atoms with E-state index in [0.29, 0.717) is 5.56 Å². The number of piperidine rings is 1. The van der Waals surface area contributed by atoms with Crippen molar-refractivity contribution in [3.63, 3.8) is 0 Å². The van der Waals surface area contributed by atoms with Crippen molar-refractivity contribution in [3.05, 3.63) is 28.8 Å². The van der Waals surface area contributed by atoms with Crippen LogP contribution in [0.25, 0.3) is 0 Å². The minimum absolute atomic E-state index is 0.189. The second-order valence-electron chi connectivity index (χ2n) is 4.62. The molecule has 2 rings (SSSR count). The summed E-state index contributed by atoms with van der Waals surface area (Å²) in [4.78, 5) is 0. The summed E-state index contributed by atoms with van der Waals surface area (Å²) in [6, 6.07) is 3.20. The number of halogens is 2. The van der Waals surface area contributed by atoms with Crippen molar-refractivity contribution in [3.8, 4) is 5.75 Å². The topological polar surface area (TPSA) is 32.3 Å². The minimum atomic E-state index is -2.62. The molecule has 0 amide bonds. The van der Waals surface area contributed by atoms with E-state index in [1.54, 1.807) is 6.92 Å². The Bertz CT molecular complexity index is 401. The average molecular weight is 241 g/mol. The number of nitrogens with one attached hydrogen (secondary N) is 1. The Hall–Kier alpha value is -1.16. The van der Waals surface area contributed by atoms with E-state index in [1.165, 1.54) is 6.07 Å². The van der Waals surface area contributed by atoms with Crippen LogP contribution in [0.15, 0.2) is 12.1 Å². The molecule has 94 valence electrons. The zero-order chi connectivity index (χ0) is 12.4. The van der Waals surface area contributed by atoms with Gasteiger partial charge in [-0.3, -0.25) is 0 Å². The van der Waals surface area contributed by atoms with Gasteiger partial charge < -0.3 is 10.4 Å². The normalized spacial score (nSPS) is 17.6. The number of benzene rings is 1. The van der Waals surface area contributed by atoms with Gasteiger partial charge in [0.2, 0.25) is 0 Å². The van der Waals surface area contributed by atoms with Crippen molar-refractivity contribution >= 4 is 0 Å². The van der Waals surface area contributed by atoms with E-state index in [9.17, 15) is 13.9 Å². The van der Waals surface area contributed by atoms with Crippen molar-refractivity contribution in [2.24, 2.45) is 0 Å². The average Bonchev–Trinajstić information content (AvgIpc) is 2.32. The number of hydrogen-bond acceptors (Lipinski definition) is 2. The smallest absolute Gasteiger partial charge is 0.267 e. The van der Waals surface area contributed by atoms with E-state index < -0.39 is 6.43 Å². The molecule has 0 bridgehead atoms. The molecule has 1 aliphatic heterocycles. The number of phenolic OH excluding ortho intramolecular Hbond substituents is 1. The molecule has 17 heavy (non-hydrogen) atoms. The van der Waals surface area contributed by atoms with Crippen LogP contribution in [0.5, 0.6) is 5.75 Å². The highest BCUT2D eigenvalue weighted by atomic mass is 19.3. The van der Waals surface area contributed by atoms with Gasteiger partial charge in [0.1, 0.15) is 5.75 Å². The van der Waals surface area contributed by atoms with Gasteiger partial charge in [0.25, 0.3) is 6.43 Å². The zero-order valence-corrected chi connectivity index (χ0v) is 9.84. The van der Waals surface area contributed by atoms with E-state index in [0.717, 1.165) is 31.5 Å². The lowest BCUT2D eigenvalue weighted by atomic mass is 9.87. The van der Waals surface area contributed by atoms with Crippen molar-refractivity contribution in [2.75, 3.05) is 13.1 Å².